The first-order valence-electron chi connectivity index (χ1n) is 5.76. The van der Waals surface area contributed by atoms with Crippen LogP contribution in [0.3, 0.4) is 0 Å². The van der Waals surface area contributed by atoms with Gasteiger partial charge in [-0.25, -0.2) is 0 Å². The van der Waals surface area contributed by atoms with Crippen LogP contribution in [0.1, 0.15) is 11.1 Å². The molecule has 0 bridgehead atoms. The van der Waals surface area contributed by atoms with E-state index in [9.17, 15) is 0 Å². The second kappa shape index (κ2) is 5.39. The van der Waals surface area contributed by atoms with Crippen molar-refractivity contribution in [1.29, 1.82) is 0 Å². The molecule has 0 radical (unpaired) electrons. The fraction of sp³-hybridized carbons (Fsp3) is 0.200. The molecule has 0 aromatic heterocycles. The molecule has 0 fully saturated rings. The molecule has 0 amide bonds. The van der Waals surface area contributed by atoms with Gasteiger partial charge in [0.25, 0.3) is 0 Å². The van der Waals surface area contributed by atoms with Crippen LogP contribution in [0.5, 0.6) is 5.75 Å². The standard InChI is InChI=1S/C15H17NO/c1-17-14-9-5-8-13(15(14)16)11-10-12-6-3-2-4-7-12/h2-9H,10-11,16H2,1H3. The summed E-state index contributed by atoms with van der Waals surface area (Å²) in [5, 5.41) is 0. The number of para-hydroxylation sites is 1. The lowest BCUT2D eigenvalue weighted by Gasteiger charge is -2.09. The molecule has 2 nitrogen and oxygen atoms in total. The average molecular weight is 227 g/mol. The Morgan fingerprint density at radius 1 is 0.941 bits per heavy atom. The van der Waals surface area contributed by atoms with Gasteiger partial charge in [0.1, 0.15) is 5.75 Å². The Morgan fingerprint density at radius 2 is 1.71 bits per heavy atom. The molecular weight excluding hydrogens is 210 g/mol. The number of anilines is 1. The van der Waals surface area contributed by atoms with Crippen molar-refractivity contribution in [3.63, 3.8) is 0 Å². The van der Waals surface area contributed by atoms with E-state index in [1.54, 1.807) is 7.11 Å². The highest BCUT2D eigenvalue weighted by atomic mass is 16.5. The predicted octanol–water partition coefficient (Wildman–Crippen LogP) is 3.06. The van der Waals surface area contributed by atoms with Crippen molar-refractivity contribution in [2.45, 2.75) is 12.8 Å². The number of hydrogen-bond acceptors (Lipinski definition) is 2. The predicted molar refractivity (Wildman–Crippen MR) is 71.3 cm³/mol. The van der Waals surface area contributed by atoms with Crippen LogP contribution in [0.15, 0.2) is 48.5 Å². The number of rotatable bonds is 4. The molecule has 0 atom stereocenters. The number of methoxy groups -OCH3 is 1. The number of nitrogens with two attached hydrogens (primary N) is 1. The number of nitrogen functional groups attached to an aromatic ring is 1. The van der Waals surface area contributed by atoms with Crippen molar-refractivity contribution in [2.24, 2.45) is 0 Å². The van der Waals surface area contributed by atoms with Gasteiger partial charge in [-0.1, -0.05) is 42.5 Å². The van der Waals surface area contributed by atoms with Crippen LogP contribution in [0.25, 0.3) is 0 Å². The number of hydrogen-bond donors (Lipinski definition) is 1. The van der Waals surface area contributed by atoms with E-state index < -0.39 is 0 Å². The lowest BCUT2D eigenvalue weighted by molar-refractivity contribution is 0.416. The fourth-order valence-electron chi connectivity index (χ4n) is 1.91. The van der Waals surface area contributed by atoms with Crippen molar-refractivity contribution in [2.75, 3.05) is 12.8 Å². The second-order valence-corrected chi connectivity index (χ2v) is 4.02. The summed E-state index contributed by atoms with van der Waals surface area (Å²) < 4.78 is 5.21. The van der Waals surface area contributed by atoms with Gasteiger partial charge in [-0.2, -0.15) is 0 Å². The molecule has 2 N–H and O–H groups in total. The van der Waals surface area contributed by atoms with Crippen LogP contribution in [0, 0.1) is 0 Å². The monoisotopic (exact) mass is 227 g/mol. The SMILES string of the molecule is COc1cccc(CCc2ccccc2)c1N. The van der Waals surface area contributed by atoms with Crippen molar-refractivity contribution in [3.8, 4) is 5.75 Å². The molecule has 0 unspecified atom stereocenters. The molecule has 0 aliphatic heterocycles. The van der Waals surface area contributed by atoms with Gasteiger partial charge in [0.2, 0.25) is 0 Å². The summed E-state index contributed by atoms with van der Waals surface area (Å²) in [6, 6.07) is 16.3. The summed E-state index contributed by atoms with van der Waals surface area (Å²) in [4.78, 5) is 0. The largest absolute Gasteiger partial charge is 0.495 e. The number of benzene rings is 2. The summed E-state index contributed by atoms with van der Waals surface area (Å²) >= 11 is 0. The number of ether oxygens (including phenoxy) is 1. The first kappa shape index (κ1) is 11.5. The van der Waals surface area contributed by atoms with E-state index in [2.05, 4.69) is 30.3 Å². The summed E-state index contributed by atoms with van der Waals surface area (Å²) in [6.07, 6.45) is 1.94. The summed E-state index contributed by atoms with van der Waals surface area (Å²) in [5.41, 5.74) is 9.26. The molecule has 0 saturated carbocycles. The molecule has 0 aliphatic rings. The molecule has 2 heteroatoms. The third kappa shape index (κ3) is 2.78. The third-order valence-corrected chi connectivity index (χ3v) is 2.90. The normalized spacial score (nSPS) is 10.2. The Balaban J connectivity index is 2.09. The average Bonchev–Trinajstić information content (AvgIpc) is 2.39. The van der Waals surface area contributed by atoms with E-state index in [0.717, 1.165) is 29.8 Å². The van der Waals surface area contributed by atoms with E-state index in [4.69, 9.17) is 10.5 Å². The quantitative estimate of drug-likeness (QED) is 0.815. The van der Waals surface area contributed by atoms with E-state index in [1.165, 1.54) is 5.56 Å². The molecule has 2 aromatic carbocycles. The number of aryl methyl sites for hydroxylation is 2. The smallest absolute Gasteiger partial charge is 0.142 e. The van der Waals surface area contributed by atoms with Crippen LogP contribution >= 0.6 is 0 Å². The molecule has 0 aliphatic carbocycles. The third-order valence-electron chi connectivity index (χ3n) is 2.90. The molecule has 88 valence electrons. The Labute approximate surface area is 102 Å². The highest BCUT2D eigenvalue weighted by molar-refractivity contribution is 5.58. The van der Waals surface area contributed by atoms with Crippen molar-refractivity contribution in [1.82, 2.24) is 0 Å². The Morgan fingerprint density at radius 3 is 2.41 bits per heavy atom. The molecule has 17 heavy (non-hydrogen) atoms. The van der Waals surface area contributed by atoms with Crippen molar-refractivity contribution >= 4 is 5.69 Å². The maximum Gasteiger partial charge on any atom is 0.142 e. The van der Waals surface area contributed by atoms with Crippen LogP contribution in [0.2, 0.25) is 0 Å². The van der Waals surface area contributed by atoms with Crippen LogP contribution in [-0.4, -0.2) is 7.11 Å². The zero-order chi connectivity index (χ0) is 12.1. The van der Waals surface area contributed by atoms with Crippen molar-refractivity contribution in [3.05, 3.63) is 59.7 Å². The minimum atomic E-state index is 0.755. The maximum absolute atomic E-state index is 6.03. The van der Waals surface area contributed by atoms with Gasteiger partial charge in [-0.05, 0) is 30.0 Å². The fourth-order valence-corrected chi connectivity index (χ4v) is 1.91. The van der Waals surface area contributed by atoms with Crippen molar-refractivity contribution < 1.29 is 4.74 Å². The van der Waals surface area contributed by atoms with Crippen LogP contribution in [-0.2, 0) is 12.8 Å². The van der Waals surface area contributed by atoms with Gasteiger partial charge in [-0.3, -0.25) is 0 Å². The molecule has 0 spiro atoms. The highest BCUT2D eigenvalue weighted by Gasteiger charge is 2.04. The highest BCUT2D eigenvalue weighted by Crippen LogP contribution is 2.25. The van der Waals surface area contributed by atoms with Crippen LogP contribution < -0.4 is 10.5 Å². The lowest BCUT2D eigenvalue weighted by Crippen LogP contribution is -1.99. The topological polar surface area (TPSA) is 35.2 Å². The van der Waals surface area contributed by atoms with Gasteiger partial charge in [0.05, 0.1) is 12.8 Å². The van der Waals surface area contributed by atoms with Gasteiger partial charge in [-0.15, -0.1) is 0 Å². The molecule has 2 aromatic rings. The molecular formula is C15H17NO. The van der Waals surface area contributed by atoms with Crippen LogP contribution in [0.4, 0.5) is 5.69 Å². The minimum absolute atomic E-state index is 0.755. The van der Waals surface area contributed by atoms with E-state index in [-0.39, 0.29) is 0 Å². The second-order valence-electron chi connectivity index (χ2n) is 4.02. The summed E-state index contributed by atoms with van der Waals surface area (Å²) in [5.74, 6) is 0.760. The zero-order valence-electron chi connectivity index (χ0n) is 10.0. The lowest BCUT2D eigenvalue weighted by atomic mass is 10.0. The van der Waals surface area contributed by atoms with Gasteiger partial charge in [0, 0.05) is 0 Å². The van der Waals surface area contributed by atoms with Gasteiger partial charge in [0.15, 0.2) is 0 Å². The Hall–Kier alpha value is -1.96. The van der Waals surface area contributed by atoms with E-state index in [0.29, 0.717) is 0 Å². The Kier molecular flexibility index (Phi) is 3.66. The van der Waals surface area contributed by atoms with E-state index >= 15 is 0 Å². The van der Waals surface area contributed by atoms with Gasteiger partial charge < -0.3 is 10.5 Å². The summed E-state index contributed by atoms with van der Waals surface area (Å²) in [6.45, 7) is 0. The molecule has 0 heterocycles. The van der Waals surface area contributed by atoms with Gasteiger partial charge >= 0.3 is 0 Å². The summed E-state index contributed by atoms with van der Waals surface area (Å²) in [7, 11) is 1.65. The van der Waals surface area contributed by atoms with E-state index in [1.807, 2.05) is 18.2 Å². The first-order valence-corrected chi connectivity index (χ1v) is 5.76. The maximum atomic E-state index is 6.03. The molecule has 2 rings (SSSR count). The minimum Gasteiger partial charge on any atom is -0.495 e. The Bertz CT molecular complexity index is 480. The zero-order valence-corrected chi connectivity index (χ0v) is 10.0. The first-order chi connectivity index (χ1) is 8.31. The molecule has 0 saturated heterocycles.